The van der Waals surface area contributed by atoms with Gasteiger partial charge in [-0.1, -0.05) is 19.2 Å². The number of anilines is 3. The summed E-state index contributed by atoms with van der Waals surface area (Å²) in [5.41, 5.74) is 1.80. The summed E-state index contributed by atoms with van der Waals surface area (Å²) in [5.74, 6) is -1.01. The molecule has 2 aromatic rings. The lowest BCUT2D eigenvalue weighted by Crippen LogP contribution is -2.50. The van der Waals surface area contributed by atoms with E-state index in [-0.39, 0.29) is 12.4 Å². The van der Waals surface area contributed by atoms with Gasteiger partial charge in [0, 0.05) is 23.1 Å². The van der Waals surface area contributed by atoms with Crippen molar-refractivity contribution >= 4 is 23.3 Å². The number of nitrogens with one attached hydrogen (secondary N) is 4. The summed E-state index contributed by atoms with van der Waals surface area (Å²) < 4.78 is 20.0. The maximum atomic E-state index is 14.5. The number of allylic oxidation sites excluding steroid dienone is 2. The van der Waals surface area contributed by atoms with E-state index in [0.29, 0.717) is 23.0 Å². The molecule has 1 aliphatic heterocycles. The zero-order chi connectivity index (χ0) is 24.1. The monoisotopic (exact) mass is 452 g/mol. The fourth-order valence-corrected chi connectivity index (χ4v) is 2.87. The van der Waals surface area contributed by atoms with Crippen LogP contribution in [-0.2, 0) is 0 Å². The molecule has 1 aliphatic rings. The van der Waals surface area contributed by atoms with Crippen molar-refractivity contribution in [2.24, 2.45) is 4.99 Å². The van der Waals surface area contributed by atoms with Crippen LogP contribution in [0.2, 0.25) is 0 Å². The van der Waals surface area contributed by atoms with Gasteiger partial charge in [0.2, 0.25) is 11.7 Å². The molecule has 0 amide bonds. The molecule has 1 unspecified atom stereocenters. The Morgan fingerprint density at radius 1 is 1.27 bits per heavy atom. The van der Waals surface area contributed by atoms with E-state index in [1.54, 1.807) is 45.2 Å². The van der Waals surface area contributed by atoms with Crippen LogP contribution in [0.3, 0.4) is 0 Å². The van der Waals surface area contributed by atoms with Gasteiger partial charge in [-0.15, -0.1) is 0 Å². The van der Waals surface area contributed by atoms with Crippen LogP contribution in [0, 0.1) is 0 Å². The normalized spacial score (nSPS) is 17.7. The summed E-state index contributed by atoms with van der Waals surface area (Å²) in [7, 11) is 0. The van der Waals surface area contributed by atoms with Crippen molar-refractivity contribution in [1.82, 2.24) is 10.3 Å². The minimum absolute atomic E-state index is 0.119. The number of aromatic nitrogens is 1. The number of halogens is 1. The first-order chi connectivity index (χ1) is 15.5. The molecule has 0 saturated heterocycles. The van der Waals surface area contributed by atoms with Crippen molar-refractivity contribution in [2.75, 3.05) is 22.6 Å². The van der Waals surface area contributed by atoms with Gasteiger partial charge in [0.05, 0.1) is 23.7 Å². The lowest BCUT2D eigenvalue weighted by molar-refractivity contribution is 0.0268. The van der Waals surface area contributed by atoms with E-state index in [1.165, 1.54) is 0 Å². The number of ether oxygens (including phenoxy) is 1. The SMILES string of the molecule is C=CC(=C)Nc1cccc(NC2=C(F)C=NC(C)(Nc3ccc(OCC(C)(C)O)nc3)N2)c1. The fourth-order valence-electron chi connectivity index (χ4n) is 2.87. The van der Waals surface area contributed by atoms with E-state index in [2.05, 4.69) is 44.4 Å². The van der Waals surface area contributed by atoms with E-state index >= 15 is 0 Å². The topological polar surface area (TPSA) is 103 Å². The summed E-state index contributed by atoms with van der Waals surface area (Å²) in [6.07, 6.45) is 4.34. The highest BCUT2D eigenvalue weighted by Gasteiger charge is 2.28. The van der Waals surface area contributed by atoms with E-state index in [9.17, 15) is 9.50 Å². The molecule has 5 N–H and O–H groups in total. The van der Waals surface area contributed by atoms with Crippen molar-refractivity contribution < 1.29 is 14.2 Å². The maximum Gasteiger partial charge on any atom is 0.213 e. The summed E-state index contributed by atoms with van der Waals surface area (Å²) in [6.45, 7) is 12.7. The van der Waals surface area contributed by atoms with Gasteiger partial charge in [0.25, 0.3) is 0 Å². The fraction of sp³-hybridized carbons (Fsp3) is 0.250. The number of benzene rings is 1. The summed E-state index contributed by atoms with van der Waals surface area (Å²) in [6, 6.07) is 10.8. The molecule has 174 valence electrons. The minimum atomic E-state index is -1.03. The van der Waals surface area contributed by atoms with Crippen molar-refractivity contribution in [3.05, 3.63) is 79.2 Å². The number of pyridine rings is 1. The average Bonchev–Trinajstić information content (AvgIpc) is 2.75. The smallest absolute Gasteiger partial charge is 0.213 e. The van der Waals surface area contributed by atoms with Gasteiger partial charge in [0.15, 0.2) is 5.83 Å². The largest absolute Gasteiger partial charge is 0.475 e. The predicted molar refractivity (Wildman–Crippen MR) is 131 cm³/mol. The molecule has 8 nitrogen and oxygen atoms in total. The van der Waals surface area contributed by atoms with E-state index < -0.39 is 17.2 Å². The zero-order valence-corrected chi connectivity index (χ0v) is 18.9. The number of rotatable bonds is 10. The number of hydrogen-bond acceptors (Lipinski definition) is 8. The lowest BCUT2D eigenvalue weighted by atomic mass is 10.2. The Balaban J connectivity index is 1.66. The first-order valence-electron chi connectivity index (χ1n) is 10.3. The molecule has 33 heavy (non-hydrogen) atoms. The Hall–Kier alpha value is -3.85. The van der Waals surface area contributed by atoms with Crippen LogP contribution < -0.4 is 26.0 Å². The van der Waals surface area contributed by atoms with Crippen LogP contribution in [-0.4, -0.2) is 34.3 Å². The van der Waals surface area contributed by atoms with Gasteiger partial charge in [0.1, 0.15) is 12.4 Å². The predicted octanol–water partition coefficient (Wildman–Crippen LogP) is 4.35. The molecule has 0 aliphatic carbocycles. The van der Waals surface area contributed by atoms with Crippen LogP contribution in [0.4, 0.5) is 21.5 Å². The second kappa shape index (κ2) is 9.74. The Kier molecular flexibility index (Phi) is 7.03. The van der Waals surface area contributed by atoms with Crippen molar-refractivity contribution in [3.63, 3.8) is 0 Å². The van der Waals surface area contributed by atoms with Gasteiger partial charge in [-0.2, -0.15) is 0 Å². The van der Waals surface area contributed by atoms with Crippen LogP contribution in [0.15, 0.2) is 84.2 Å². The molecule has 0 spiro atoms. The molecule has 1 aromatic carbocycles. The number of aliphatic imine (C=N–C) groups is 1. The lowest BCUT2D eigenvalue weighted by Gasteiger charge is -2.33. The Morgan fingerprint density at radius 2 is 2.03 bits per heavy atom. The van der Waals surface area contributed by atoms with Gasteiger partial charge in [-0.25, -0.2) is 14.4 Å². The molecule has 0 radical (unpaired) electrons. The van der Waals surface area contributed by atoms with Crippen LogP contribution in [0.1, 0.15) is 20.8 Å². The minimum Gasteiger partial charge on any atom is -0.475 e. The third-order valence-electron chi connectivity index (χ3n) is 4.42. The standard InChI is InChI=1S/C24H29FN6O2/c1-6-16(2)28-17-8-7-9-18(12-17)29-22-20(25)14-27-24(5,31-22)30-19-10-11-21(26-13-19)33-15-23(3,4)32/h6-14,28-32H,1-2,15H2,3-5H3. The van der Waals surface area contributed by atoms with Crippen LogP contribution in [0.5, 0.6) is 5.88 Å². The third-order valence-corrected chi connectivity index (χ3v) is 4.42. The Morgan fingerprint density at radius 3 is 2.70 bits per heavy atom. The summed E-state index contributed by atoms with van der Waals surface area (Å²) >= 11 is 0. The van der Waals surface area contributed by atoms with Gasteiger partial charge < -0.3 is 31.1 Å². The highest BCUT2D eigenvalue weighted by Crippen LogP contribution is 2.24. The molecule has 0 saturated carbocycles. The molecular weight excluding hydrogens is 423 g/mol. The summed E-state index contributed by atoms with van der Waals surface area (Å²) in [4.78, 5) is 8.46. The first kappa shape index (κ1) is 23.8. The quantitative estimate of drug-likeness (QED) is 0.342. The van der Waals surface area contributed by atoms with Gasteiger partial charge in [-0.05, 0) is 51.1 Å². The molecule has 9 heteroatoms. The maximum absolute atomic E-state index is 14.5. The number of nitrogens with zero attached hydrogens (tertiary/aromatic N) is 2. The molecule has 3 rings (SSSR count). The molecule has 0 bridgehead atoms. The van der Waals surface area contributed by atoms with Gasteiger partial charge in [-0.3, -0.25) is 0 Å². The first-order valence-corrected chi connectivity index (χ1v) is 10.3. The zero-order valence-electron chi connectivity index (χ0n) is 18.9. The van der Waals surface area contributed by atoms with E-state index in [1.807, 2.05) is 24.3 Å². The Bertz CT molecular complexity index is 1080. The van der Waals surface area contributed by atoms with Crippen LogP contribution in [0.25, 0.3) is 0 Å². The molecule has 2 heterocycles. The number of aliphatic hydroxyl groups is 1. The number of hydrogen-bond donors (Lipinski definition) is 5. The van der Waals surface area contributed by atoms with Crippen LogP contribution >= 0.6 is 0 Å². The molecule has 1 atom stereocenters. The Labute approximate surface area is 193 Å². The highest BCUT2D eigenvalue weighted by molar-refractivity contribution is 5.80. The second-order valence-corrected chi connectivity index (χ2v) is 8.35. The third kappa shape index (κ3) is 7.08. The van der Waals surface area contributed by atoms with Crippen molar-refractivity contribution in [1.29, 1.82) is 0 Å². The highest BCUT2D eigenvalue weighted by atomic mass is 19.1. The van der Waals surface area contributed by atoms with Crippen molar-refractivity contribution in [2.45, 2.75) is 32.2 Å². The van der Waals surface area contributed by atoms with E-state index in [4.69, 9.17) is 4.74 Å². The second-order valence-electron chi connectivity index (χ2n) is 8.35. The van der Waals surface area contributed by atoms with Gasteiger partial charge >= 0.3 is 0 Å². The molecule has 0 fully saturated rings. The average molecular weight is 453 g/mol. The molecule has 1 aromatic heterocycles. The molecular formula is C24H29FN6O2. The summed E-state index contributed by atoms with van der Waals surface area (Å²) in [5, 5.41) is 22.1. The van der Waals surface area contributed by atoms with Crippen molar-refractivity contribution in [3.8, 4) is 5.88 Å². The van der Waals surface area contributed by atoms with E-state index in [0.717, 1.165) is 11.9 Å².